The van der Waals surface area contributed by atoms with Gasteiger partial charge in [0.05, 0.1) is 7.11 Å². The highest BCUT2D eigenvalue weighted by Crippen LogP contribution is 2.29. The fourth-order valence-corrected chi connectivity index (χ4v) is 2.99. The third-order valence-corrected chi connectivity index (χ3v) is 4.77. The number of Topliss-reactive ketones (excluding diaryl/α,β-unsaturated/α-hetero) is 1. The van der Waals surface area contributed by atoms with E-state index in [1.807, 2.05) is 39.0 Å². The molecule has 0 unspecified atom stereocenters. The molecule has 7 nitrogen and oxygen atoms in total. The van der Waals surface area contributed by atoms with E-state index in [0.29, 0.717) is 17.1 Å². The van der Waals surface area contributed by atoms with Crippen LogP contribution in [0.25, 0.3) is 0 Å². The molecule has 0 aliphatic carbocycles. The van der Waals surface area contributed by atoms with Crippen LogP contribution in [0.4, 0.5) is 5.69 Å². The first-order chi connectivity index (χ1) is 14.6. The first-order valence-electron chi connectivity index (χ1n) is 10.1. The first-order valence-corrected chi connectivity index (χ1v) is 10.1. The van der Waals surface area contributed by atoms with Crippen molar-refractivity contribution >= 4 is 23.3 Å². The van der Waals surface area contributed by atoms with Crippen molar-refractivity contribution in [3.8, 4) is 11.5 Å². The standard InChI is InChI=1S/C24H29NO6/c1-14(2)19-9-7-8-15(3)23(19)25-24(28)17(5)31-22(27)13-30-20-11-10-18(16(4)26)12-21(20)29-6/h7-12,14,17H,13H2,1-6H3,(H,25,28)/t17-/m0/s1. The van der Waals surface area contributed by atoms with E-state index in [4.69, 9.17) is 14.2 Å². The molecule has 0 spiro atoms. The third kappa shape index (κ3) is 6.31. The molecule has 2 aromatic rings. The lowest BCUT2D eigenvalue weighted by molar-refractivity contribution is -0.155. The van der Waals surface area contributed by atoms with E-state index >= 15 is 0 Å². The zero-order chi connectivity index (χ0) is 23.1. The van der Waals surface area contributed by atoms with Crippen LogP contribution in [-0.2, 0) is 14.3 Å². The van der Waals surface area contributed by atoms with Crippen LogP contribution >= 0.6 is 0 Å². The molecule has 0 radical (unpaired) electrons. The Morgan fingerprint density at radius 2 is 1.74 bits per heavy atom. The number of nitrogens with one attached hydrogen (secondary N) is 1. The Morgan fingerprint density at radius 1 is 1.03 bits per heavy atom. The number of amides is 1. The van der Waals surface area contributed by atoms with Crippen LogP contribution < -0.4 is 14.8 Å². The summed E-state index contributed by atoms with van der Waals surface area (Å²) in [5.41, 5.74) is 3.14. The number of carbonyl (C=O) groups is 3. The number of ether oxygens (including phenoxy) is 3. The van der Waals surface area contributed by atoms with Crippen LogP contribution in [0, 0.1) is 6.92 Å². The summed E-state index contributed by atoms with van der Waals surface area (Å²) in [5, 5.41) is 2.87. The Balaban J connectivity index is 1.97. The molecule has 0 bridgehead atoms. The summed E-state index contributed by atoms with van der Waals surface area (Å²) >= 11 is 0. The number of rotatable bonds is 9. The lowest BCUT2D eigenvalue weighted by atomic mass is 9.98. The highest BCUT2D eigenvalue weighted by molar-refractivity contribution is 5.96. The molecule has 2 rings (SSSR count). The molecule has 0 aromatic heterocycles. The lowest BCUT2D eigenvalue weighted by Gasteiger charge is -2.19. The van der Waals surface area contributed by atoms with E-state index in [0.717, 1.165) is 16.8 Å². The molecule has 0 aliphatic rings. The number of benzene rings is 2. The van der Waals surface area contributed by atoms with Gasteiger partial charge in [-0.1, -0.05) is 32.0 Å². The second kappa shape index (κ2) is 10.6. The molecule has 0 saturated carbocycles. The molecule has 0 saturated heterocycles. The number of ketones is 1. The van der Waals surface area contributed by atoms with Gasteiger partial charge < -0.3 is 19.5 Å². The van der Waals surface area contributed by atoms with Gasteiger partial charge in [-0.25, -0.2) is 4.79 Å². The molecule has 0 fully saturated rings. The van der Waals surface area contributed by atoms with Gasteiger partial charge in [-0.05, 0) is 56.0 Å². The summed E-state index contributed by atoms with van der Waals surface area (Å²) in [6.45, 7) is 8.54. The maximum atomic E-state index is 12.6. The number of methoxy groups -OCH3 is 1. The predicted octanol–water partition coefficient (Wildman–Crippen LogP) is 4.28. The van der Waals surface area contributed by atoms with Gasteiger partial charge in [-0.3, -0.25) is 9.59 Å². The minimum absolute atomic E-state index is 0.113. The number of esters is 1. The van der Waals surface area contributed by atoms with E-state index in [-0.39, 0.29) is 11.7 Å². The molecule has 2 aromatic carbocycles. The number of hydrogen-bond donors (Lipinski definition) is 1. The molecule has 1 amide bonds. The van der Waals surface area contributed by atoms with Crippen molar-refractivity contribution in [2.45, 2.75) is 46.6 Å². The Labute approximate surface area is 182 Å². The van der Waals surface area contributed by atoms with Gasteiger partial charge in [0.15, 0.2) is 30.0 Å². The van der Waals surface area contributed by atoms with Gasteiger partial charge in [0.1, 0.15) is 0 Å². The number of hydrogen-bond acceptors (Lipinski definition) is 6. The van der Waals surface area contributed by atoms with Crippen LogP contribution in [0.1, 0.15) is 55.1 Å². The fourth-order valence-electron chi connectivity index (χ4n) is 2.99. The van der Waals surface area contributed by atoms with Gasteiger partial charge in [0, 0.05) is 11.3 Å². The Hall–Kier alpha value is -3.35. The molecule has 0 aliphatic heterocycles. The Morgan fingerprint density at radius 3 is 2.35 bits per heavy atom. The molecule has 31 heavy (non-hydrogen) atoms. The summed E-state index contributed by atoms with van der Waals surface area (Å²) in [4.78, 5) is 36.2. The van der Waals surface area contributed by atoms with Crippen molar-refractivity contribution in [3.05, 3.63) is 53.1 Å². The normalized spacial score (nSPS) is 11.6. The second-order valence-electron chi connectivity index (χ2n) is 7.53. The zero-order valence-electron chi connectivity index (χ0n) is 18.8. The van der Waals surface area contributed by atoms with E-state index in [1.165, 1.54) is 27.0 Å². The summed E-state index contributed by atoms with van der Waals surface area (Å²) in [5.74, 6) is -0.388. The van der Waals surface area contributed by atoms with Gasteiger partial charge in [0.2, 0.25) is 0 Å². The summed E-state index contributed by atoms with van der Waals surface area (Å²) in [6.07, 6.45) is -1.00. The van der Waals surface area contributed by atoms with Crippen molar-refractivity contribution in [1.82, 2.24) is 0 Å². The van der Waals surface area contributed by atoms with Crippen LogP contribution in [0.2, 0.25) is 0 Å². The Kier molecular flexibility index (Phi) is 8.19. The number of anilines is 1. The number of para-hydroxylation sites is 1. The van der Waals surface area contributed by atoms with E-state index < -0.39 is 24.6 Å². The van der Waals surface area contributed by atoms with Gasteiger partial charge in [-0.15, -0.1) is 0 Å². The van der Waals surface area contributed by atoms with Gasteiger partial charge in [-0.2, -0.15) is 0 Å². The summed E-state index contributed by atoms with van der Waals surface area (Å²) < 4.78 is 15.9. The molecule has 1 N–H and O–H groups in total. The third-order valence-electron chi connectivity index (χ3n) is 4.77. The molecular weight excluding hydrogens is 398 g/mol. The largest absolute Gasteiger partial charge is 0.493 e. The van der Waals surface area contributed by atoms with Crippen molar-refractivity contribution in [2.75, 3.05) is 19.0 Å². The molecule has 166 valence electrons. The minimum Gasteiger partial charge on any atom is -0.493 e. The smallest absolute Gasteiger partial charge is 0.344 e. The second-order valence-corrected chi connectivity index (χ2v) is 7.53. The number of aryl methyl sites for hydroxylation is 1. The zero-order valence-corrected chi connectivity index (χ0v) is 18.8. The van der Waals surface area contributed by atoms with Gasteiger partial charge in [0.25, 0.3) is 5.91 Å². The SMILES string of the molecule is COc1cc(C(C)=O)ccc1OCC(=O)O[C@@H](C)C(=O)Nc1c(C)cccc1C(C)C. The average molecular weight is 427 g/mol. The monoisotopic (exact) mass is 427 g/mol. The van der Waals surface area contributed by atoms with Crippen molar-refractivity contribution < 1.29 is 28.6 Å². The summed E-state index contributed by atoms with van der Waals surface area (Å²) in [7, 11) is 1.44. The van der Waals surface area contributed by atoms with Crippen molar-refractivity contribution in [2.24, 2.45) is 0 Å². The van der Waals surface area contributed by atoms with E-state index in [2.05, 4.69) is 5.32 Å². The van der Waals surface area contributed by atoms with Crippen LogP contribution in [-0.4, -0.2) is 37.5 Å². The van der Waals surface area contributed by atoms with Crippen LogP contribution in [0.15, 0.2) is 36.4 Å². The lowest BCUT2D eigenvalue weighted by Crippen LogP contribution is -2.32. The molecule has 0 heterocycles. The van der Waals surface area contributed by atoms with Crippen molar-refractivity contribution in [3.63, 3.8) is 0 Å². The van der Waals surface area contributed by atoms with E-state index in [9.17, 15) is 14.4 Å². The van der Waals surface area contributed by atoms with E-state index in [1.54, 1.807) is 12.1 Å². The van der Waals surface area contributed by atoms with Gasteiger partial charge >= 0.3 is 5.97 Å². The predicted molar refractivity (Wildman–Crippen MR) is 118 cm³/mol. The average Bonchev–Trinajstić information content (AvgIpc) is 2.72. The molecular formula is C24H29NO6. The molecule has 1 atom stereocenters. The highest BCUT2D eigenvalue weighted by Gasteiger charge is 2.21. The first kappa shape index (κ1) is 23.9. The number of carbonyl (C=O) groups excluding carboxylic acids is 3. The van der Waals surface area contributed by atoms with Crippen LogP contribution in [0.5, 0.6) is 11.5 Å². The minimum atomic E-state index is -1.00. The topological polar surface area (TPSA) is 90.9 Å². The fraction of sp³-hybridized carbons (Fsp3) is 0.375. The summed E-state index contributed by atoms with van der Waals surface area (Å²) in [6, 6.07) is 10.5. The maximum Gasteiger partial charge on any atom is 0.344 e. The molecule has 7 heteroatoms. The van der Waals surface area contributed by atoms with Crippen LogP contribution in [0.3, 0.4) is 0 Å². The van der Waals surface area contributed by atoms with Crippen molar-refractivity contribution in [1.29, 1.82) is 0 Å². The highest BCUT2D eigenvalue weighted by atomic mass is 16.6. The quantitative estimate of drug-likeness (QED) is 0.474. The maximum absolute atomic E-state index is 12.6. The Bertz CT molecular complexity index is 967.